The van der Waals surface area contributed by atoms with Gasteiger partial charge in [0.05, 0.1) is 6.61 Å². The highest BCUT2D eigenvalue weighted by Gasteiger charge is 2.05. The van der Waals surface area contributed by atoms with Gasteiger partial charge < -0.3 is 9.84 Å². The first-order valence-electron chi connectivity index (χ1n) is 3.78. The second-order valence-electron chi connectivity index (χ2n) is 2.13. The van der Waals surface area contributed by atoms with Gasteiger partial charge in [-0.15, -0.1) is 0 Å². The van der Waals surface area contributed by atoms with Gasteiger partial charge in [-0.05, 0) is 18.9 Å². The Kier molecular flexibility index (Phi) is 5.25. The summed E-state index contributed by atoms with van der Waals surface area (Å²) in [6.07, 6.45) is 3.08. The molecule has 0 aliphatic rings. The minimum Gasteiger partial charge on any atom is -0.487 e. The minimum atomic E-state index is -0.986. The standard InChI is InChI=1S/C8H14O3/c1-3-5-7(8(9)10)11-6-4-2/h5H,3-4,6H2,1-2H3,(H,9,10)/b7-5+. The summed E-state index contributed by atoms with van der Waals surface area (Å²) in [6, 6.07) is 0. The van der Waals surface area contributed by atoms with Gasteiger partial charge in [0.1, 0.15) is 0 Å². The molecule has 0 bridgehead atoms. The van der Waals surface area contributed by atoms with E-state index in [2.05, 4.69) is 0 Å². The van der Waals surface area contributed by atoms with Gasteiger partial charge in [0.25, 0.3) is 0 Å². The molecule has 0 atom stereocenters. The lowest BCUT2D eigenvalue weighted by molar-refractivity contribution is -0.136. The summed E-state index contributed by atoms with van der Waals surface area (Å²) in [5.41, 5.74) is 0. The van der Waals surface area contributed by atoms with Crippen LogP contribution in [0.3, 0.4) is 0 Å². The Morgan fingerprint density at radius 2 is 2.18 bits per heavy atom. The Labute approximate surface area is 66.7 Å². The van der Waals surface area contributed by atoms with Crippen molar-refractivity contribution in [1.82, 2.24) is 0 Å². The Morgan fingerprint density at radius 1 is 1.55 bits per heavy atom. The maximum atomic E-state index is 10.4. The zero-order chi connectivity index (χ0) is 8.69. The summed E-state index contributed by atoms with van der Waals surface area (Å²) in [5, 5.41) is 8.54. The number of carboxylic acid groups (broad SMARTS) is 1. The van der Waals surface area contributed by atoms with Gasteiger partial charge in [-0.3, -0.25) is 0 Å². The predicted octanol–water partition coefficient (Wildman–Crippen LogP) is 1.79. The van der Waals surface area contributed by atoms with E-state index in [0.717, 1.165) is 6.42 Å². The van der Waals surface area contributed by atoms with E-state index in [1.54, 1.807) is 6.08 Å². The zero-order valence-corrected chi connectivity index (χ0v) is 6.96. The average Bonchev–Trinajstić information content (AvgIpc) is 1.97. The summed E-state index contributed by atoms with van der Waals surface area (Å²) in [5.74, 6) is -0.922. The van der Waals surface area contributed by atoms with Crippen molar-refractivity contribution in [3.8, 4) is 0 Å². The third-order valence-electron chi connectivity index (χ3n) is 1.06. The maximum absolute atomic E-state index is 10.4. The summed E-state index contributed by atoms with van der Waals surface area (Å²) in [4.78, 5) is 10.4. The van der Waals surface area contributed by atoms with Crippen LogP contribution in [0.4, 0.5) is 0 Å². The van der Waals surface area contributed by atoms with Crippen molar-refractivity contribution in [2.45, 2.75) is 26.7 Å². The van der Waals surface area contributed by atoms with Gasteiger partial charge in [0.15, 0.2) is 5.76 Å². The molecule has 11 heavy (non-hydrogen) atoms. The van der Waals surface area contributed by atoms with E-state index < -0.39 is 5.97 Å². The van der Waals surface area contributed by atoms with E-state index in [1.165, 1.54) is 0 Å². The number of rotatable bonds is 5. The van der Waals surface area contributed by atoms with Crippen LogP contribution < -0.4 is 0 Å². The van der Waals surface area contributed by atoms with Crippen LogP contribution in [-0.4, -0.2) is 17.7 Å². The Bertz CT molecular complexity index is 149. The van der Waals surface area contributed by atoms with Crippen molar-refractivity contribution in [3.05, 3.63) is 11.8 Å². The fourth-order valence-corrected chi connectivity index (χ4v) is 0.605. The maximum Gasteiger partial charge on any atom is 0.370 e. The van der Waals surface area contributed by atoms with Crippen LogP contribution in [0.1, 0.15) is 26.7 Å². The average molecular weight is 158 g/mol. The summed E-state index contributed by atoms with van der Waals surface area (Å²) < 4.78 is 4.95. The second-order valence-corrected chi connectivity index (χ2v) is 2.13. The highest BCUT2D eigenvalue weighted by Crippen LogP contribution is 1.99. The molecule has 3 nitrogen and oxygen atoms in total. The first-order chi connectivity index (χ1) is 5.22. The number of hydrogen-bond acceptors (Lipinski definition) is 2. The molecule has 0 unspecified atom stereocenters. The van der Waals surface area contributed by atoms with E-state index in [9.17, 15) is 4.79 Å². The number of aliphatic carboxylic acids is 1. The number of carbonyl (C=O) groups is 1. The Morgan fingerprint density at radius 3 is 2.55 bits per heavy atom. The van der Waals surface area contributed by atoms with Crippen molar-refractivity contribution in [2.24, 2.45) is 0 Å². The molecule has 0 saturated carbocycles. The van der Waals surface area contributed by atoms with E-state index in [4.69, 9.17) is 9.84 Å². The molecule has 0 rings (SSSR count). The molecule has 0 aromatic rings. The number of carboxylic acids is 1. The first-order valence-corrected chi connectivity index (χ1v) is 3.78. The van der Waals surface area contributed by atoms with Crippen LogP contribution in [0.2, 0.25) is 0 Å². The second kappa shape index (κ2) is 5.77. The molecule has 0 aliphatic heterocycles. The van der Waals surface area contributed by atoms with Gasteiger partial charge in [-0.1, -0.05) is 13.8 Å². The van der Waals surface area contributed by atoms with Gasteiger partial charge in [0, 0.05) is 0 Å². The molecule has 0 aliphatic carbocycles. The molecule has 0 spiro atoms. The zero-order valence-electron chi connectivity index (χ0n) is 6.96. The van der Waals surface area contributed by atoms with Crippen molar-refractivity contribution in [2.75, 3.05) is 6.61 Å². The predicted molar refractivity (Wildman–Crippen MR) is 42.3 cm³/mol. The van der Waals surface area contributed by atoms with E-state index in [1.807, 2.05) is 13.8 Å². The van der Waals surface area contributed by atoms with E-state index >= 15 is 0 Å². The largest absolute Gasteiger partial charge is 0.487 e. The van der Waals surface area contributed by atoms with Crippen LogP contribution in [0.15, 0.2) is 11.8 Å². The molecule has 0 amide bonds. The van der Waals surface area contributed by atoms with Crippen LogP contribution in [0, 0.1) is 0 Å². The minimum absolute atomic E-state index is 0.0642. The fraction of sp³-hybridized carbons (Fsp3) is 0.625. The molecule has 0 fully saturated rings. The van der Waals surface area contributed by atoms with Crippen molar-refractivity contribution in [1.29, 1.82) is 0 Å². The number of hydrogen-bond donors (Lipinski definition) is 1. The SMILES string of the molecule is CC/C=C(/OCCC)C(=O)O. The van der Waals surface area contributed by atoms with E-state index in [-0.39, 0.29) is 5.76 Å². The normalized spacial score (nSPS) is 11.3. The van der Waals surface area contributed by atoms with E-state index in [0.29, 0.717) is 13.0 Å². The molecule has 0 heterocycles. The van der Waals surface area contributed by atoms with Crippen LogP contribution in [0.25, 0.3) is 0 Å². The fourth-order valence-electron chi connectivity index (χ4n) is 0.605. The first kappa shape index (κ1) is 10.0. The molecular formula is C8H14O3. The lowest BCUT2D eigenvalue weighted by Gasteiger charge is -2.03. The van der Waals surface area contributed by atoms with Crippen LogP contribution in [-0.2, 0) is 9.53 Å². The van der Waals surface area contributed by atoms with Crippen molar-refractivity contribution in [3.63, 3.8) is 0 Å². The van der Waals surface area contributed by atoms with Gasteiger partial charge in [0.2, 0.25) is 0 Å². The van der Waals surface area contributed by atoms with Crippen molar-refractivity contribution < 1.29 is 14.6 Å². The molecule has 0 radical (unpaired) electrons. The van der Waals surface area contributed by atoms with Gasteiger partial charge in [-0.25, -0.2) is 4.79 Å². The lowest BCUT2D eigenvalue weighted by Crippen LogP contribution is -2.05. The van der Waals surface area contributed by atoms with Crippen LogP contribution in [0.5, 0.6) is 0 Å². The molecule has 0 aromatic carbocycles. The van der Waals surface area contributed by atoms with Crippen molar-refractivity contribution >= 4 is 5.97 Å². The summed E-state index contributed by atoms with van der Waals surface area (Å²) >= 11 is 0. The van der Waals surface area contributed by atoms with Crippen LogP contribution >= 0.6 is 0 Å². The smallest absolute Gasteiger partial charge is 0.370 e. The Balaban J connectivity index is 3.90. The third kappa shape index (κ3) is 4.42. The highest BCUT2D eigenvalue weighted by molar-refractivity contribution is 5.84. The molecule has 0 saturated heterocycles. The van der Waals surface area contributed by atoms with Gasteiger partial charge in [-0.2, -0.15) is 0 Å². The quantitative estimate of drug-likeness (QED) is 0.490. The molecule has 3 heteroatoms. The molecule has 1 N–H and O–H groups in total. The monoisotopic (exact) mass is 158 g/mol. The van der Waals surface area contributed by atoms with Gasteiger partial charge >= 0.3 is 5.97 Å². The highest BCUT2D eigenvalue weighted by atomic mass is 16.5. The number of allylic oxidation sites excluding steroid dienone is 1. The third-order valence-corrected chi connectivity index (χ3v) is 1.06. The lowest BCUT2D eigenvalue weighted by atomic mass is 10.4. The molecule has 0 aromatic heterocycles. The topological polar surface area (TPSA) is 46.5 Å². The summed E-state index contributed by atoms with van der Waals surface area (Å²) in [6.45, 7) is 4.28. The Hall–Kier alpha value is -0.990. The summed E-state index contributed by atoms with van der Waals surface area (Å²) in [7, 11) is 0. The number of ether oxygens (including phenoxy) is 1. The molecule has 64 valence electrons. The molecular weight excluding hydrogens is 144 g/mol.